The van der Waals surface area contributed by atoms with Crippen LogP contribution in [0.3, 0.4) is 0 Å². The highest BCUT2D eigenvalue weighted by Gasteiger charge is 2.28. The largest absolute Gasteiger partial charge is 0.493 e. The van der Waals surface area contributed by atoms with Gasteiger partial charge < -0.3 is 20.1 Å². The molecular formula is C16H24N2O5S. The second-order valence-corrected chi connectivity index (χ2v) is 7.81. The summed E-state index contributed by atoms with van der Waals surface area (Å²) in [6, 6.07) is 4.44. The summed E-state index contributed by atoms with van der Waals surface area (Å²) >= 11 is 0. The van der Waals surface area contributed by atoms with Crippen LogP contribution in [0.5, 0.6) is 11.5 Å². The summed E-state index contributed by atoms with van der Waals surface area (Å²) in [6.07, 6.45) is 1.74. The zero-order chi connectivity index (χ0) is 17.7. The van der Waals surface area contributed by atoms with Crippen LogP contribution >= 0.6 is 0 Å². The fourth-order valence-corrected chi connectivity index (χ4v) is 4.14. The highest BCUT2D eigenvalue weighted by molar-refractivity contribution is 7.91. The van der Waals surface area contributed by atoms with Crippen LogP contribution in [-0.2, 0) is 14.6 Å². The van der Waals surface area contributed by atoms with Crippen LogP contribution in [0.25, 0.3) is 0 Å². The summed E-state index contributed by atoms with van der Waals surface area (Å²) in [5.74, 6) is 0.393. The molecule has 0 aliphatic carbocycles. The van der Waals surface area contributed by atoms with Gasteiger partial charge >= 0.3 is 0 Å². The molecule has 1 aromatic carbocycles. The number of rotatable bonds is 7. The fourth-order valence-electron chi connectivity index (χ4n) is 2.90. The lowest BCUT2D eigenvalue weighted by molar-refractivity contribution is -0.131. The maximum Gasteiger partial charge on any atom is 0.223 e. The van der Waals surface area contributed by atoms with E-state index in [0.29, 0.717) is 24.6 Å². The number of methoxy groups -OCH3 is 2. The number of carbonyl (C=O) groups excluding carboxylic acids is 1. The molecule has 1 fully saturated rings. The summed E-state index contributed by atoms with van der Waals surface area (Å²) in [5, 5.41) is 0. The summed E-state index contributed by atoms with van der Waals surface area (Å²) < 4.78 is 35.2. The number of hydrogen-bond acceptors (Lipinski definition) is 6. The molecule has 1 saturated heterocycles. The van der Waals surface area contributed by atoms with Crippen molar-refractivity contribution in [2.24, 2.45) is 5.73 Å². The smallest absolute Gasteiger partial charge is 0.223 e. The average molecular weight is 356 g/mol. The third kappa shape index (κ3) is 3.99. The second kappa shape index (κ2) is 7.85. The number of nitrogens with zero attached hydrogens (tertiary/aromatic N) is 1. The Labute approximate surface area is 142 Å². The monoisotopic (exact) mass is 356 g/mol. The Morgan fingerprint density at radius 1 is 1.29 bits per heavy atom. The predicted octanol–water partition coefficient (Wildman–Crippen LogP) is 0.817. The number of benzene rings is 1. The molecule has 7 nitrogen and oxygen atoms in total. The first-order valence-corrected chi connectivity index (χ1v) is 9.52. The Balaban J connectivity index is 2.07. The Kier molecular flexibility index (Phi) is 6.06. The van der Waals surface area contributed by atoms with E-state index in [1.807, 2.05) is 0 Å². The lowest BCUT2D eigenvalue weighted by Gasteiger charge is -2.23. The number of amides is 1. The average Bonchev–Trinajstić information content (AvgIpc) is 3.07. The maximum absolute atomic E-state index is 12.5. The minimum atomic E-state index is -3.58. The van der Waals surface area contributed by atoms with Crippen LogP contribution in [-0.4, -0.2) is 58.3 Å². The summed E-state index contributed by atoms with van der Waals surface area (Å²) in [6.45, 7) is 1.06. The molecule has 0 aromatic heterocycles. The first-order valence-electron chi connectivity index (χ1n) is 7.87. The van der Waals surface area contributed by atoms with Gasteiger partial charge in [-0.3, -0.25) is 4.79 Å². The SMILES string of the molecule is COc1ccc(S(=O)(=O)CCC(=O)N2CCC[C@H]2CN)cc1OC. The molecule has 24 heavy (non-hydrogen) atoms. The number of ether oxygens (including phenoxy) is 2. The van der Waals surface area contributed by atoms with Gasteiger partial charge in [0.05, 0.1) is 24.9 Å². The predicted molar refractivity (Wildman–Crippen MR) is 90.0 cm³/mol. The molecule has 8 heteroatoms. The number of carbonyl (C=O) groups is 1. The van der Waals surface area contributed by atoms with Crippen LogP contribution < -0.4 is 15.2 Å². The standard InChI is InChI=1S/C16H24N2O5S/c1-22-14-6-5-13(10-15(14)23-2)24(20,21)9-7-16(19)18-8-3-4-12(18)11-17/h5-6,10,12H,3-4,7-9,11,17H2,1-2H3/t12-/m0/s1. The van der Waals surface area contributed by atoms with E-state index in [-0.39, 0.29) is 29.0 Å². The summed E-state index contributed by atoms with van der Waals surface area (Å²) in [4.78, 5) is 14.1. The van der Waals surface area contributed by atoms with Crippen molar-refractivity contribution in [1.29, 1.82) is 0 Å². The van der Waals surface area contributed by atoms with Crippen molar-refractivity contribution in [3.05, 3.63) is 18.2 Å². The van der Waals surface area contributed by atoms with Crippen molar-refractivity contribution >= 4 is 15.7 Å². The molecule has 1 aromatic rings. The lowest BCUT2D eigenvalue weighted by atomic mass is 10.2. The van der Waals surface area contributed by atoms with E-state index >= 15 is 0 Å². The molecule has 1 heterocycles. The number of nitrogens with two attached hydrogens (primary N) is 1. The third-order valence-corrected chi connectivity index (χ3v) is 5.98. The Bertz CT molecular complexity index is 690. The van der Waals surface area contributed by atoms with Gasteiger partial charge in [0.15, 0.2) is 21.3 Å². The van der Waals surface area contributed by atoms with E-state index in [1.165, 1.54) is 26.4 Å². The molecule has 1 atom stereocenters. The van der Waals surface area contributed by atoms with E-state index < -0.39 is 9.84 Å². The van der Waals surface area contributed by atoms with Crippen molar-refractivity contribution in [2.75, 3.05) is 33.1 Å². The topological polar surface area (TPSA) is 98.9 Å². The first kappa shape index (κ1) is 18.5. The number of hydrogen-bond donors (Lipinski definition) is 1. The Hall–Kier alpha value is -1.80. The van der Waals surface area contributed by atoms with E-state index in [2.05, 4.69) is 0 Å². The normalized spacial score (nSPS) is 17.8. The molecule has 0 radical (unpaired) electrons. The summed E-state index contributed by atoms with van der Waals surface area (Å²) in [5.41, 5.74) is 5.66. The van der Waals surface area contributed by atoms with Crippen LogP contribution in [0.2, 0.25) is 0 Å². The minimum Gasteiger partial charge on any atom is -0.493 e. The van der Waals surface area contributed by atoms with E-state index in [1.54, 1.807) is 11.0 Å². The number of likely N-dealkylation sites (tertiary alicyclic amines) is 1. The fraction of sp³-hybridized carbons (Fsp3) is 0.562. The van der Waals surface area contributed by atoms with Crippen LogP contribution in [0.1, 0.15) is 19.3 Å². The Morgan fingerprint density at radius 2 is 2.00 bits per heavy atom. The quantitative estimate of drug-likeness (QED) is 0.776. The zero-order valence-corrected chi connectivity index (χ0v) is 14.8. The van der Waals surface area contributed by atoms with E-state index in [4.69, 9.17) is 15.2 Å². The molecule has 0 unspecified atom stereocenters. The zero-order valence-electron chi connectivity index (χ0n) is 14.0. The maximum atomic E-state index is 12.5. The van der Waals surface area contributed by atoms with Gasteiger partial charge in [0.25, 0.3) is 0 Å². The lowest BCUT2D eigenvalue weighted by Crippen LogP contribution is -2.40. The molecule has 1 amide bonds. The van der Waals surface area contributed by atoms with Crippen molar-refractivity contribution in [2.45, 2.75) is 30.2 Å². The van der Waals surface area contributed by atoms with E-state index in [9.17, 15) is 13.2 Å². The van der Waals surface area contributed by atoms with Crippen molar-refractivity contribution in [3.63, 3.8) is 0 Å². The molecule has 2 rings (SSSR count). The highest BCUT2D eigenvalue weighted by atomic mass is 32.2. The molecule has 0 saturated carbocycles. The first-order chi connectivity index (χ1) is 11.4. The Morgan fingerprint density at radius 3 is 2.62 bits per heavy atom. The molecule has 1 aliphatic rings. The van der Waals surface area contributed by atoms with Crippen molar-refractivity contribution in [3.8, 4) is 11.5 Å². The van der Waals surface area contributed by atoms with Gasteiger partial charge in [-0.15, -0.1) is 0 Å². The van der Waals surface area contributed by atoms with Crippen LogP contribution in [0.4, 0.5) is 0 Å². The minimum absolute atomic E-state index is 0.0290. The van der Waals surface area contributed by atoms with Gasteiger partial charge in [0.2, 0.25) is 5.91 Å². The van der Waals surface area contributed by atoms with Gasteiger partial charge in [-0.1, -0.05) is 0 Å². The molecule has 134 valence electrons. The van der Waals surface area contributed by atoms with Gasteiger partial charge in [-0.05, 0) is 25.0 Å². The van der Waals surface area contributed by atoms with Crippen LogP contribution in [0, 0.1) is 0 Å². The molecule has 0 spiro atoms. The molecule has 0 bridgehead atoms. The van der Waals surface area contributed by atoms with Crippen molar-refractivity contribution < 1.29 is 22.7 Å². The highest BCUT2D eigenvalue weighted by Crippen LogP contribution is 2.30. The third-order valence-electron chi connectivity index (χ3n) is 4.27. The van der Waals surface area contributed by atoms with Crippen LogP contribution in [0.15, 0.2) is 23.1 Å². The van der Waals surface area contributed by atoms with Gasteiger partial charge in [0.1, 0.15) is 0 Å². The number of sulfone groups is 1. The molecular weight excluding hydrogens is 332 g/mol. The molecule has 2 N–H and O–H groups in total. The molecule has 1 aliphatic heterocycles. The van der Waals surface area contributed by atoms with Gasteiger partial charge in [0, 0.05) is 31.6 Å². The van der Waals surface area contributed by atoms with Gasteiger partial charge in [-0.2, -0.15) is 0 Å². The summed E-state index contributed by atoms with van der Waals surface area (Å²) in [7, 11) is -0.658. The van der Waals surface area contributed by atoms with Crippen molar-refractivity contribution in [1.82, 2.24) is 4.90 Å². The van der Waals surface area contributed by atoms with E-state index in [0.717, 1.165) is 12.8 Å². The van der Waals surface area contributed by atoms with Gasteiger partial charge in [-0.25, -0.2) is 8.42 Å². The second-order valence-electron chi connectivity index (χ2n) is 5.70.